The average molecular weight is 599 g/mol. The molecule has 5 aliphatic rings. The molecule has 3 aromatic carbocycles. The maximum Gasteiger partial charge on any atom is 0.335 e. The summed E-state index contributed by atoms with van der Waals surface area (Å²) in [7, 11) is 0. The minimum Gasteiger partial charge on any atom is -0.337 e. The van der Waals surface area contributed by atoms with Crippen molar-refractivity contribution >= 4 is 52.1 Å². The maximum atomic E-state index is 13.8. The predicted molar refractivity (Wildman–Crippen MR) is 172 cm³/mol. The van der Waals surface area contributed by atoms with Crippen LogP contribution in [0.4, 0.5) is 16.2 Å². The minimum atomic E-state index is -0.760. The fraction of sp³-hybridized carbons (Fsp3) is 0.297. The largest absolute Gasteiger partial charge is 0.337 e. The number of amides is 5. The quantitative estimate of drug-likeness (QED) is 0.198. The van der Waals surface area contributed by atoms with Crippen LogP contribution in [0.15, 0.2) is 90.6 Å². The van der Waals surface area contributed by atoms with Crippen LogP contribution in [0.25, 0.3) is 17.0 Å². The van der Waals surface area contributed by atoms with Gasteiger partial charge >= 0.3 is 6.03 Å². The van der Waals surface area contributed by atoms with Gasteiger partial charge in [0, 0.05) is 28.4 Å². The molecule has 0 atom stereocenters. The van der Waals surface area contributed by atoms with Crippen molar-refractivity contribution in [1.29, 1.82) is 0 Å². The van der Waals surface area contributed by atoms with Crippen LogP contribution in [0.5, 0.6) is 0 Å². The number of barbiturate groups is 1. The summed E-state index contributed by atoms with van der Waals surface area (Å²) in [6, 6.07) is 23.8. The van der Waals surface area contributed by atoms with Crippen molar-refractivity contribution in [2.24, 2.45) is 17.8 Å². The standard InChI is InChI=1S/C37H34N4O4/c42-33(38-28-6-2-1-3-7-28)22-40-21-26(30-8-4-5-9-32(30)40)17-31-34(43)39-36(45)41(35(31)44)29-12-10-27(11-13-29)37-18-23-14-24(19-37)16-25(15-23)20-37/h1-13,17,21,23-25H,14-16,18-20,22H2,(H,38,42)(H,39,43,45). The molecular weight excluding hydrogens is 564 g/mol. The van der Waals surface area contributed by atoms with E-state index < -0.39 is 17.8 Å². The summed E-state index contributed by atoms with van der Waals surface area (Å²) in [4.78, 5) is 53.7. The van der Waals surface area contributed by atoms with Crippen LogP contribution in [0.2, 0.25) is 0 Å². The van der Waals surface area contributed by atoms with Gasteiger partial charge in [0.05, 0.1) is 5.69 Å². The Bertz CT molecular complexity index is 1850. The molecule has 4 aliphatic carbocycles. The van der Waals surface area contributed by atoms with E-state index in [0.29, 0.717) is 16.9 Å². The van der Waals surface area contributed by atoms with Crippen LogP contribution in [0.1, 0.15) is 49.7 Å². The fourth-order valence-electron chi connectivity index (χ4n) is 8.87. The van der Waals surface area contributed by atoms with Gasteiger partial charge in [0.2, 0.25) is 5.91 Å². The number of nitrogens with one attached hydrogen (secondary N) is 2. The topological polar surface area (TPSA) is 101 Å². The zero-order valence-electron chi connectivity index (χ0n) is 24.9. The maximum absolute atomic E-state index is 13.8. The number of carbonyl (C=O) groups is 4. The number of fused-ring (bicyclic) bond motifs is 1. The third-order valence-corrected chi connectivity index (χ3v) is 10.4. The van der Waals surface area contributed by atoms with Crippen molar-refractivity contribution in [2.75, 3.05) is 10.2 Å². The Morgan fingerprint density at radius 2 is 1.49 bits per heavy atom. The summed E-state index contributed by atoms with van der Waals surface area (Å²) in [5.74, 6) is 0.811. The first-order valence-corrected chi connectivity index (χ1v) is 15.8. The smallest absolute Gasteiger partial charge is 0.335 e. The lowest BCUT2D eigenvalue weighted by molar-refractivity contribution is -0.122. The molecule has 9 rings (SSSR count). The van der Waals surface area contributed by atoms with Gasteiger partial charge in [-0.3, -0.25) is 19.7 Å². The second-order valence-corrected chi connectivity index (χ2v) is 13.3. The molecule has 8 heteroatoms. The Morgan fingerprint density at radius 1 is 0.844 bits per heavy atom. The van der Waals surface area contributed by atoms with Crippen molar-refractivity contribution in [1.82, 2.24) is 9.88 Å². The van der Waals surface area contributed by atoms with E-state index >= 15 is 0 Å². The molecule has 4 bridgehead atoms. The third-order valence-electron chi connectivity index (χ3n) is 10.4. The summed E-state index contributed by atoms with van der Waals surface area (Å²) in [5.41, 5.74) is 3.87. The molecule has 2 N–H and O–H groups in total. The number of imide groups is 2. The molecule has 2 heterocycles. The highest BCUT2D eigenvalue weighted by molar-refractivity contribution is 6.39. The molecule has 4 aromatic rings. The number of aromatic nitrogens is 1. The van der Waals surface area contributed by atoms with Crippen LogP contribution >= 0.6 is 0 Å². The number of para-hydroxylation sites is 2. The van der Waals surface area contributed by atoms with Crippen LogP contribution in [-0.2, 0) is 26.3 Å². The van der Waals surface area contributed by atoms with Crippen molar-refractivity contribution in [3.63, 3.8) is 0 Å². The zero-order chi connectivity index (χ0) is 30.7. The van der Waals surface area contributed by atoms with Gasteiger partial charge in [-0.25, -0.2) is 9.69 Å². The van der Waals surface area contributed by atoms with Crippen molar-refractivity contribution in [3.8, 4) is 0 Å². The first-order valence-electron chi connectivity index (χ1n) is 15.8. The Morgan fingerprint density at radius 3 is 2.18 bits per heavy atom. The molecule has 0 spiro atoms. The molecule has 4 saturated carbocycles. The van der Waals surface area contributed by atoms with Crippen molar-refractivity contribution in [3.05, 3.63) is 102 Å². The number of nitrogens with zero attached hydrogens (tertiary/aromatic N) is 2. The number of urea groups is 1. The SMILES string of the molecule is O=C(Cn1cc(C=C2C(=O)NC(=O)N(c3ccc(C45CC6CC(CC(C6)C4)C5)cc3)C2=O)c2ccccc21)Nc1ccccc1. The summed E-state index contributed by atoms with van der Waals surface area (Å²) >= 11 is 0. The number of carbonyl (C=O) groups excluding carboxylic acids is 4. The normalized spacial score (nSPS) is 26.5. The second-order valence-electron chi connectivity index (χ2n) is 13.3. The molecule has 8 nitrogen and oxygen atoms in total. The first kappa shape index (κ1) is 27.6. The van der Waals surface area contributed by atoms with Gasteiger partial charge in [0.1, 0.15) is 12.1 Å². The van der Waals surface area contributed by atoms with E-state index in [1.807, 2.05) is 66.7 Å². The highest BCUT2D eigenvalue weighted by atomic mass is 16.2. The summed E-state index contributed by atoms with van der Waals surface area (Å²) in [6.45, 7) is 0.0411. The zero-order valence-corrected chi connectivity index (χ0v) is 24.9. The number of benzene rings is 3. The second kappa shape index (κ2) is 10.6. The van der Waals surface area contributed by atoms with Crippen molar-refractivity contribution in [2.45, 2.75) is 50.5 Å². The van der Waals surface area contributed by atoms with Gasteiger partial charge in [-0.1, -0.05) is 48.5 Å². The van der Waals surface area contributed by atoms with Crippen LogP contribution in [0.3, 0.4) is 0 Å². The van der Waals surface area contributed by atoms with Gasteiger partial charge < -0.3 is 9.88 Å². The van der Waals surface area contributed by atoms with E-state index in [9.17, 15) is 19.2 Å². The van der Waals surface area contributed by atoms with Gasteiger partial charge in [0.15, 0.2) is 0 Å². The van der Waals surface area contributed by atoms with Crippen LogP contribution in [0, 0.1) is 17.8 Å². The summed E-state index contributed by atoms with van der Waals surface area (Å²) in [6.07, 6.45) is 11.0. The van der Waals surface area contributed by atoms with Gasteiger partial charge in [-0.15, -0.1) is 0 Å². The highest BCUT2D eigenvalue weighted by Crippen LogP contribution is 2.60. The molecule has 0 radical (unpaired) electrons. The number of hydrogen-bond donors (Lipinski definition) is 2. The molecule has 226 valence electrons. The third kappa shape index (κ3) is 4.85. The van der Waals surface area contributed by atoms with E-state index in [4.69, 9.17) is 0 Å². The predicted octanol–water partition coefficient (Wildman–Crippen LogP) is 6.41. The van der Waals surface area contributed by atoms with Gasteiger partial charge in [0.25, 0.3) is 11.8 Å². The first-order chi connectivity index (χ1) is 21.8. The fourth-order valence-corrected chi connectivity index (χ4v) is 8.87. The molecule has 1 aromatic heterocycles. The van der Waals surface area contributed by atoms with E-state index in [1.165, 1.54) is 50.2 Å². The number of anilines is 2. The molecule has 1 aliphatic heterocycles. The highest BCUT2D eigenvalue weighted by Gasteiger charge is 2.51. The average Bonchev–Trinajstić information content (AvgIpc) is 3.36. The van der Waals surface area contributed by atoms with Gasteiger partial charge in [-0.2, -0.15) is 0 Å². The lowest BCUT2D eigenvalue weighted by Gasteiger charge is -2.57. The molecular formula is C37H34N4O4. The molecule has 5 fully saturated rings. The Kier molecular flexibility index (Phi) is 6.48. The lowest BCUT2D eigenvalue weighted by Crippen LogP contribution is -2.54. The van der Waals surface area contributed by atoms with Crippen LogP contribution in [-0.4, -0.2) is 28.3 Å². The molecule has 45 heavy (non-hydrogen) atoms. The van der Waals surface area contributed by atoms with E-state index in [2.05, 4.69) is 22.8 Å². The molecule has 5 amide bonds. The molecule has 1 saturated heterocycles. The van der Waals surface area contributed by atoms with E-state index in [1.54, 1.807) is 10.8 Å². The number of hydrogen-bond acceptors (Lipinski definition) is 4. The Labute approximate surface area is 261 Å². The van der Waals surface area contributed by atoms with Crippen molar-refractivity contribution < 1.29 is 19.2 Å². The summed E-state index contributed by atoms with van der Waals surface area (Å²) in [5, 5.41) is 6.02. The van der Waals surface area contributed by atoms with Crippen LogP contribution < -0.4 is 15.5 Å². The van der Waals surface area contributed by atoms with E-state index in [0.717, 1.165) is 33.6 Å². The van der Waals surface area contributed by atoms with Gasteiger partial charge in [-0.05, 0) is 104 Å². The Hall–Kier alpha value is -4.98. The number of rotatable bonds is 6. The lowest BCUT2D eigenvalue weighted by atomic mass is 9.48. The molecule has 0 unspecified atom stereocenters. The van der Waals surface area contributed by atoms with E-state index in [-0.39, 0.29) is 23.4 Å². The monoisotopic (exact) mass is 598 g/mol. The summed E-state index contributed by atoms with van der Waals surface area (Å²) < 4.78 is 1.79. The Balaban J connectivity index is 1.07. The minimum absolute atomic E-state index is 0.0411.